The van der Waals surface area contributed by atoms with Gasteiger partial charge >= 0.3 is 11.9 Å². The molecular weight excluding hydrogens is 801 g/mol. The van der Waals surface area contributed by atoms with E-state index in [-0.39, 0.29) is 25.2 Å². The molecular formula is C60H118O5. The molecule has 0 saturated carbocycles. The van der Waals surface area contributed by atoms with Crippen molar-refractivity contribution in [1.82, 2.24) is 0 Å². The van der Waals surface area contributed by atoms with E-state index in [2.05, 4.69) is 13.8 Å². The lowest BCUT2D eigenvalue weighted by molar-refractivity contribution is -0.161. The van der Waals surface area contributed by atoms with Crippen molar-refractivity contribution in [3.8, 4) is 0 Å². The van der Waals surface area contributed by atoms with Crippen molar-refractivity contribution in [2.24, 2.45) is 0 Å². The largest absolute Gasteiger partial charge is 0.462 e. The van der Waals surface area contributed by atoms with Crippen molar-refractivity contribution in [3.63, 3.8) is 0 Å². The van der Waals surface area contributed by atoms with Gasteiger partial charge in [-0.1, -0.05) is 328 Å². The Bertz CT molecular complexity index is 906. The number of carbonyl (C=O) groups is 2. The zero-order valence-corrected chi connectivity index (χ0v) is 44.5. The topological polar surface area (TPSA) is 72.8 Å². The van der Waals surface area contributed by atoms with E-state index in [1.165, 1.54) is 295 Å². The lowest BCUT2D eigenvalue weighted by Crippen LogP contribution is -2.28. The maximum atomic E-state index is 12.3. The van der Waals surface area contributed by atoms with Crippen molar-refractivity contribution in [2.45, 2.75) is 360 Å². The number of ether oxygens (including phenoxy) is 2. The molecule has 0 aromatic carbocycles. The van der Waals surface area contributed by atoms with Crippen LogP contribution >= 0.6 is 0 Å². The molecule has 0 heterocycles. The van der Waals surface area contributed by atoms with Gasteiger partial charge in [-0.25, -0.2) is 0 Å². The van der Waals surface area contributed by atoms with Gasteiger partial charge in [0.2, 0.25) is 0 Å². The number of carbonyl (C=O) groups excluding carboxylic acids is 2. The van der Waals surface area contributed by atoms with Crippen molar-refractivity contribution < 1.29 is 24.2 Å². The van der Waals surface area contributed by atoms with Gasteiger partial charge in [-0.2, -0.15) is 0 Å². The fraction of sp³-hybridized carbons (Fsp3) is 0.967. The molecule has 0 radical (unpaired) electrons. The van der Waals surface area contributed by atoms with E-state index in [1.807, 2.05) is 0 Å². The second-order valence-electron chi connectivity index (χ2n) is 20.8. The third kappa shape index (κ3) is 55.4. The predicted molar refractivity (Wildman–Crippen MR) is 284 cm³/mol. The summed E-state index contributed by atoms with van der Waals surface area (Å²) in [4.78, 5) is 24.4. The minimum atomic E-state index is -0.763. The van der Waals surface area contributed by atoms with Crippen LogP contribution in [0.15, 0.2) is 0 Å². The van der Waals surface area contributed by atoms with Crippen LogP contribution < -0.4 is 0 Å². The Morgan fingerprint density at radius 1 is 0.292 bits per heavy atom. The molecule has 0 aliphatic carbocycles. The van der Waals surface area contributed by atoms with Crippen molar-refractivity contribution in [2.75, 3.05) is 13.2 Å². The Kier molecular flexibility index (Phi) is 56.3. The van der Waals surface area contributed by atoms with E-state index >= 15 is 0 Å². The third-order valence-electron chi connectivity index (χ3n) is 14.2. The lowest BCUT2D eigenvalue weighted by Gasteiger charge is -2.15. The number of hydrogen-bond acceptors (Lipinski definition) is 5. The van der Waals surface area contributed by atoms with E-state index in [0.29, 0.717) is 12.8 Å². The Hall–Kier alpha value is -1.10. The summed E-state index contributed by atoms with van der Waals surface area (Å²) in [6, 6.07) is 0. The number of hydrogen-bond donors (Lipinski definition) is 1. The molecule has 0 spiro atoms. The highest BCUT2D eigenvalue weighted by Crippen LogP contribution is 2.19. The van der Waals surface area contributed by atoms with Gasteiger partial charge in [0.1, 0.15) is 6.61 Å². The first-order chi connectivity index (χ1) is 32.1. The molecule has 0 aromatic rings. The molecule has 1 atom stereocenters. The summed E-state index contributed by atoms with van der Waals surface area (Å²) in [5.74, 6) is -0.567. The highest BCUT2D eigenvalue weighted by Gasteiger charge is 2.16. The van der Waals surface area contributed by atoms with E-state index in [1.54, 1.807) is 0 Å². The fourth-order valence-electron chi connectivity index (χ4n) is 9.62. The van der Waals surface area contributed by atoms with Crippen LogP contribution in [0.4, 0.5) is 0 Å². The average Bonchev–Trinajstić information content (AvgIpc) is 3.31. The van der Waals surface area contributed by atoms with Crippen LogP contribution in [0.2, 0.25) is 0 Å². The van der Waals surface area contributed by atoms with Crippen LogP contribution in [0.1, 0.15) is 354 Å². The summed E-state index contributed by atoms with van der Waals surface area (Å²) in [5.41, 5.74) is 0. The summed E-state index contributed by atoms with van der Waals surface area (Å²) in [7, 11) is 0. The quantitative estimate of drug-likeness (QED) is 0.0486. The molecule has 388 valence electrons. The van der Waals surface area contributed by atoms with Crippen LogP contribution in [0, 0.1) is 0 Å². The second-order valence-corrected chi connectivity index (χ2v) is 20.8. The molecule has 0 bridgehead atoms. The summed E-state index contributed by atoms with van der Waals surface area (Å²) >= 11 is 0. The van der Waals surface area contributed by atoms with Gasteiger partial charge < -0.3 is 14.6 Å². The van der Waals surface area contributed by atoms with Crippen LogP contribution in [0.5, 0.6) is 0 Å². The molecule has 0 fully saturated rings. The number of unbranched alkanes of at least 4 members (excludes halogenated alkanes) is 49. The standard InChI is InChI=1S/C60H118O5/c1-3-5-7-9-11-13-15-17-18-19-20-21-22-23-24-25-26-27-28-29-30-31-32-33-34-35-36-37-38-39-40-41-43-45-47-49-51-53-55-60(63)65-58(56-61)57-64-59(62)54-52-50-48-46-44-42-16-14-12-10-8-6-4-2/h58,61H,3-57H2,1-2H3. The molecule has 5 heteroatoms. The first-order valence-corrected chi connectivity index (χ1v) is 30.1. The van der Waals surface area contributed by atoms with Gasteiger partial charge in [0.15, 0.2) is 6.10 Å². The Balaban J connectivity index is 3.31. The normalized spacial score (nSPS) is 12.0. The van der Waals surface area contributed by atoms with Crippen LogP contribution in [0.25, 0.3) is 0 Å². The minimum Gasteiger partial charge on any atom is -0.462 e. The minimum absolute atomic E-state index is 0.0563. The van der Waals surface area contributed by atoms with Gasteiger partial charge in [0, 0.05) is 12.8 Å². The molecule has 1 unspecified atom stereocenters. The van der Waals surface area contributed by atoms with Crippen molar-refractivity contribution in [3.05, 3.63) is 0 Å². The summed E-state index contributed by atoms with van der Waals surface area (Å²) < 4.78 is 10.7. The highest BCUT2D eigenvalue weighted by atomic mass is 16.6. The molecule has 1 N–H and O–H groups in total. The Morgan fingerprint density at radius 2 is 0.477 bits per heavy atom. The maximum Gasteiger partial charge on any atom is 0.306 e. The first-order valence-electron chi connectivity index (χ1n) is 30.1. The van der Waals surface area contributed by atoms with Gasteiger partial charge in [0.25, 0.3) is 0 Å². The molecule has 0 aromatic heterocycles. The zero-order chi connectivity index (χ0) is 47.0. The third-order valence-corrected chi connectivity index (χ3v) is 14.2. The Labute approximate surface area is 408 Å². The van der Waals surface area contributed by atoms with Crippen molar-refractivity contribution in [1.29, 1.82) is 0 Å². The maximum absolute atomic E-state index is 12.3. The molecule has 5 nitrogen and oxygen atoms in total. The number of rotatable bonds is 57. The van der Waals surface area contributed by atoms with E-state index in [0.717, 1.165) is 32.1 Å². The summed E-state index contributed by atoms with van der Waals surface area (Å²) in [5, 5.41) is 9.62. The van der Waals surface area contributed by atoms with E-state index in [9.17, 15) is 14.7 Å². The molecule has 0 amide bonds. The van der Waals surface area contributed by atoms with Gasteiger partial charge in [0.05, 0.1) is 6.61 Å². The molecule has 0 saturated heterocycles. The second kappa shape index (κ2) is 57.2. The summed E-state index contributed by atoms with van der Waals surface area (Å²) in [6.45, 7) is 4.19. The average molecular weight is 920 g/mol. The van der Waals surface area contributed by atoms with Gasteiger partial charge in [-0.3, -0.25) is 9.59 Å². The smallest absolute Gasteiger partial charge is 0.306 e. The van der Waals surface area contributed by atoms with E-state index in [4.69, 9.17) is 9.47 Å². The van der Waals surface area contributed by atoms with Crippen molar-refractivity contribution >= 4 is 11.9 Å². The van der Waals surface area contributed by atoms with Gasteiger partial charge in [-0.05, 0) is 12.8 Å². The molecule has 0 aliphatic heterocycles. The zero-order valence-electron chi connectivity index (χ0n) is 44.5. The molecule has 0 aliphatic rings. The van der Waals surface area contributed by atoms with Gasteiger partial charge in [-0.15, -0.1) is 0 Å². The number of esters is 2. The molecule has 65 heavy (non-hydrogen) atoms. The lowest BCUT2D eigenvalue weighted by atomic mass is 10.0. The monoisotopic (exact) mass is 919 g/mol. The van der Waals surface area contributed by atoms with E-state index < -0.39 is 6.10 Å². The number of aliphatic hydroxyl groups excluding tert-OH is 1. The molecule has 0 rings (SSSR count). The summed E-state index contributed by atoms with van der Waals surface area (Å²) in [6.07, 6.45) is 69.8. The predicted octanol–water partition coefficient (Wildman–Crippen LogP) is 20.1. The highest BCUT2D eigenvalue weighted by molar-refractivity contribution is 5.70. The number of aliphatic hydroxyl groups is 1. The van der Waals surface area contributed by atoms with Crippen LogP contribution in [-0.2, 0) is 19.1 Å². The van der Waals surface area contributed by atoms with Crippen LogP contribution in [-0.4, -0.2) is 36.4 Å². The van der Waals surface area contributed by atoms with Crippen LogP contribution in [0.3, 0.4) is 0 Å². The fourth-order valence-corrected chi connectivity index (χ4v) is 9.62. The first kappa shape index (κ1) is 63.9. The Morgan fingerprint density at radius 3 is 0.677 bits per heavy atom. The SMILES string of the molecule is CCCCCCCCCCCCCCCCCCCCCCCCCCCCCCCCCCCCCCCCC(=O)OC(CO)COC(=O)CCCCCCCCCCCCCCC.